The summed E-state index contributed by atoms with van der Waals surface area (Å²) in [5, 5.41) is 4.53. The zero-order valence-electron chi connectivity index (χ0n) is 30.6. The topological polar surface area (TPSA) is 55.1 Å². The Bertz CT molecular complexity index is 3210. The van der Waals surface area contributed by atoms with Crippen molar-refractivity contribution in [3.05, 3.63) is 188 Å². The van der Waals surface area contributed by atoms with Crippen LogP contribution in [0.5, 0.6) is 0 Å². The minimum atomic E-state index is 0.235. The molecule has 0 N–H and O–H groups in total. The van der Waals surface area contributed by atoms with E-state index in [0.717, 1.165) is 44.2 Å². The fourth-order valence-corrected chi connectivity index (χ4v) is 10.1. The van der Waals surface area contributed by atoms with Gasteiger partial charge in [0.1, 0.15) is 11.2 Å². The van der Waals surface area contributed by atoms with Crippen molar-refractivity contribution in [2.45, 2.75) is 12.0 Å². The van der Waals surface area contributed by atoms with Crippen LogP contribution in [0.25, 0.3) is 87.4 Å². The van der Waals surface area contributed by atoms with E-state index in [9.17, 15) is 0 Å². The van der Waals surface area contributed by atoms with Gasteiger partial charge in [-0.15, -0.1) is 11.3 Å². The summed E-state index contributed by atoms with van der Waals surface area (Å²) in [5.41, 5.74) is 10.5. The molecule has 0 saturated carbocycles. The molecule has 1 aliphatic heterocycles. The Morgan fingerprint density at radius 2 is 1.11 bits per heavy atom. The highest BCUT2D eigenvalue weighted by atomic mass is 32.1. The standard InChI is InChI=1S/C51H32N4OS/c1-3-14-31(15-4-1)49-52-50(32-16-5-2-6-17-32)54-51(53-49)38-22-12-26-43-48(38)47-37(20-11-25-42(47)56-43)36-21-13-27-45-46(36)39-30-33(28-29-44(39)57-45)55-40-23-9-7-18-34(40)35-19-8-10-24-41(35)55/h1-30,34,40H. The van der Waals surface area contributed by atoms with Crippen molar-refractivity contribution in [2.75, 3.05) is 4.90 Å². The molecule has 2 unspecified atom stereocenters. The molecular formula is C51H32N4OS. The Kier molecular flexibility index (Phi) is 7.16. The Balaban J connectivity index is 1.08. The average Bonchev–Trinajstić information content (AvgIpc) is 3.96. The maximum Gasteiger partial charge on any atom is 0.164 e. The number of thiophene rings is 1. The minimum absolute atomic E-state index is 0.235. The first kappa shape index (κ1) is 32.1. The maximum absolute atomic E-state index is 6.67. The first-order valence-corrected chi connectivity index (χ1v) is 20.1. The van der Waals surface area contributed by atoms with Crippen LogP contribution in [-0.2, 0) is 0 Å². The highest BCUT2D eigenvalue weighted by Crippen LogP contribution is 2.50. The third-order valence-electron chi connectivity index (χ3n) is 11.5. The second kappa shape index (κ2) is 12.7. The molecule has 4 heterocycles. The Hall–Kier alpha value is -7.15. The van der Waals surface area contributed by atoms with E-state index < -0.39 is 0 Å². The van der Waals surface area contributed by atoms with Crippen molar-refractivity contribution >= 4 is 64.8 Å². The lowest BCUT2D eigenvalue weighted by atomic mass is 9.91. The molecule has 7 aromatic carbocycles. The van der Waals surface area contributed by atoms with Crippen molar-refractivity contribution in [3.63, 3.8) is 0 Å². The molecular weight excluding hydrogens is 717 g/mol. The molecule has 0 spiro atoms. The summed E-state index contributed by atoms with van der Waals surface area (Å²) in [6.07, 6.45) is 9.04. The van der Waals surface area contributed by atoms with Crippen molar-refractivity contribution in [2.24, 2.45) is 0 Å². The van der Waals surface area contributed by atoms with Gasteiger partial charge in [0.2, 0.25) is 0 Å². The van der Waals surface area contributed by atoms with Gasteiger partial charge in [-0.25, -0.2) is 15.0 Å². The summed E-state index contributed by atoms with van der Waals surface area (Å²) in [4.78, 5) is 17.8. The van der Waals surface area contributed by atoms with E-state index in [1.165, 1.54) is 42.7 Å². The van der Waals surface area contributed by atoms with Crippen LogP contribution in [0.4, 0.5) is 11.4 Å². The van der Waals surface area contributed by atoms with Crippen LogP contribution >= 0.6 is 11.3 Å². The molecule has 0 saturated heterocycles. The smallest absolute Gasteiger partial charge is 0.164 e. The number of para-hydroxylation sites is 1. The molecule has 10 aromatic rings. The third kappa shape index (κ3) is 5.04. The molecule has 57 heavy (non-hydrogen) atoms. The lowest BCUT2D eigenvalue weighted by molar-refractivity contribution is 0.669. The molecule has 0 bridgehead atoms. The first-order chi connectivity index (χ1) is 28.3. The van der Waals surface area contributed by atoms with E-state index in [2.05, 4.69) is 114 Å². The van der Waals surface area contributed by atoms with Crippen LogP contribution in [-0.4, -0.2) is 21.0 Å². The van der Waals surface area contributed by atoms with Crippen LogP contribution < -0.4 is 4.90 Å². The van der Waals surface area contributed by atoms with Gasteiger partial charge in [0, 0.05) is 64.9 Å². The molecule has 268 valence electrons. The number of hydrogen-bond acceptors (Lipinski definition) is 6. The predicted molar refractivity (Wildman–Crippen MR) is 235 cm³/mol. The number of fused-ring (bicyclic) bond motifs is 9. The quantitative estimate of drug-likeness (QED) is 0.175. The summed E-state index contributed by atoms with van der Waals surface area (Å²) in [6.45, 7) is 0. The van der Waals surface area contributed by atoms with Gasteiger partial charge in [0.15, 0.2) is 17.5 Å². The summed E-state index contributed by atoms with van der Waals surface area (Å²) < 4.78 is 9.19. The van der Waals surface area contributed by atoms with Gasteiger partial charge >= 0.3 is 0 Å². The van der Waals surface area contributed by atoms with Crippen molar-refractivity contribution in [1.29, 1.82) is 0 Å². The van der Waals surface area contributed by atoms with E-state index in [0.29, 0.717) is 23.4 Å². The van der Waals surface area contributed by atoms with Crippen LogP contribution in [0.3, 0.4) is 0 Å². The Morgan fingerprint density at radius 3 is 1.86 bits per heavy atom. The van der Waals surface area contributed by atoms with Gasteiger partial charge in [-0.3, -0.25) is 0 Å². The zero-order chi connectivity index (χ0) is 37.5. The SMILES string of the molecule is C1=CC2c3ccccc3N(c3ccc4sc5cccc(-c6cccc7oc8cccc(-c9nc(-c%10ccccc%10)nc(-c%10ccccc%10)n9)c8c67)c5c4c3)C2C=C1. The third-order valence-corrected chi connectivity index (χ3v) is 12.6. The number of rotatable bonds is 5. The molecule has 2 atom stereocenters. The van der Waals surface area contributed by atoms with Crippen molar-refractivity contribution in [1.82, 2.24) is 15.0 Å². The Morgan fingerprint density at radius 1 is 0.491 bits per heavy atom. The van der Waals surface area contributed by atoms with Crippen LogP contribution in [0.2, 0.25) is 0 Å². The number of anilines is 2. The fraction of sp³-hybridized carbons (Fsp3) is 0.0392. The molecule has 5 nitrogen and oxygen atoms in total. The predicted octanol–water partition coefficient (Wildman–Crippen LogP) is 13.5. The van der Waals surface area contributed by atoms with Gasteiger partial charge < -0.3 is 9.32 Å². The van der Waals surface area contributed by atoms with Crippen molar-refractivity contribution in [3.8, 4) is 45.3 Å². The number of benzene rings is 7. The normalized spacial score (nSPS) is 15.9. The second-order valence-corrected chi connectivity index (χ2v) is 15.8. The maximum atomic E-state index is 6.67. The monoisotopic (exact) mass is 748 g/mol. The van der Waals surface area contributed by atoms with Gasteiger partial charge in [0.25, 0.3) is 0 Å². The van der Waals surface area contributed by atoms with Gasteiger partial charge in [-0.05, 0) is 59.2 Å². The number of hydrogen-bond donors (Lipinski definition) is 0. The molecule has 6 heteroatoms. The number of aromatic nitrogens is 3. The van der Waals surface area contributed by atoms with E-state index in [1.54, 1.807) is 0 Å². The molecule has 0 radical (unpaired) electrons. The van der Waals surface area contributed by atoms with E-state index in [4.69, 9.17) is 19.4 Å². The average molecular weight is 749 g/mol. The summed E-state index contributed by atoms with van der Waals surface area (Å²) >= 11 is 1.85. The lowest BCUT2D eigenvalue weighted by Gasteiger charge is -2.28. The molecule has 0 amide bonds. The number of nitrogens with zero attached hydrogens (tertiary/aromatic N) is 4. The van der Waals surface area contributed by atoms with Gasteiger partial charge in [0.05, 0.1) is 6.04 Å². The number of furan rings is 1. The highest BCUT2D eigenvalue weighted by molar-refractivity contribution is 7.26. The second-order valence-electron chi connectivity index (χ2n) is 14.7. The van der Waals surface area contributed by atoms with Crippen LogP contribution in [0, 0.1) is 0 Å². The zero-order valence-corrected chi connectivity index (χ0v) is 31.4. The van der Waals surface area contributed by atoms with Crippen LogP contribution in [0.15, 0.2) is 186 Å². The fourth-order valence-electron chi connectivity index (χ4n) is 8.99. The summed E-state index contributed by atoms with van der Waals surface area (Å²) in [6, 6.07) is 55.6. The van der Waals surface area contributed by atoms with E-state index in [-0.39, 0.29) is 6.04 Å². The molecule has 0 fully saturated rings. The summed E-state index contributed by atoms with van der Waals surface area (Å²) in [7, 11) is 0. The first-order valence-electron chi connectivity index (χ1n) is 19.3. The summed E-state index contributed by atoms with van der Waals surface area (Å²) in [5.74, 6) is 2.18. The molecule has 1 aliphatic carbocycles. The minimum Gasteiger partial charge on any atom is -0.456 e. The lowest BCUT2D eigenvalue weighted by Crippen LogP contribution is -2.28. The Labute approximate surface area is 332 Å². The van der Waals surface area contributed by atoms with Crippen molar-refractivity contribution < 1.29 is 4.42 Å². The number of allylic oxidation sites excluding steroid dienone is 2. The van der Waals surface area contributed by atoms with Gasteiger partial charge in [-0.1, -0.05) is 140 Å². The molecule has 3 aromatic heterocycles. The van der Waals surface area contributed by atoms with Gasteiger partial charge in [-0.2, -0.15) is 0 Å². The largest absolute Gasteiger partial charge is 0.456 e. The van der Waals surface area contributed by atoms with Crippen LogP contribution in [0.1, 0.15) is 11.5 Å². The van der Waals surface area contributed by atoms with E-state index in [1.807, 2.05) is 84.1 Å². The molecule has 2 aliphatic rings. The van der Waals surface area contributed by atoms with E-state index >= 15 is 0 Å². The molecule has 12 rings (SSSR count). The highest BCUT2D eigenvalue weighted by Gasteiger charge is 2.37.